The van der Waals surface area contributed by atoms with Gasteiger partial charge in [-0.3, -0.25) is 0 Å². The first-order chi connectivity index (χ1) is 5.05. The number of ether oxygens (including phenoxy) is 2. The Kier molecular flexibility index (Phi) is 2.49. The summed E-state index contributed by atoms with van der Waals surface area (Å²) in [6, 6.07) is -0.336. The molecule has 2 atom stereocenters. The SMILES string of the molecule is CC1(C)OCC([C@@H](N)CO)O1. The quantitative estimate of drug-likeness (QED) is 0.570. The second kappa shape index (κ2) is 3.06. The predicted molar refractivity (Wildman–Crippen MR) is 40.0 cm³/mol. The lowest BCUT2D eigenvalue weighted by atomic mass is 10.2. The van der Waals surface area contributed by atoms with Crippen molar-refractivity contribution in [3.8, 4) is 0 Å². The van der Waals surface area contributed by atoms with E-state index in [-0.39, 0.29) is 18.8 Å². The van der Waals surface area contributed by atoms with E-state index in [4.69, 9.17) is 20.3 Å². The van der Waals surface area contributed by atoms with Gasteiger partial charge in [0.05, 0.1) is 19.3 Å². The number of hydrogen-bond donors (Lipinski definition) is 2. The van der Waals surface area contributed by atoms with Crippen molar-refractivity contribution in [2.75, 3.05) is 13.2 Å². The van der Waals surface area contributed by atoms with Gasteiger partial charge in [-0.15, -0.1) is 0 Å². The third-order valence-corrected chi connectivity index (χ3v) is 1.72. The number of hydrogen-bond acceptors (Lipinski definition) is 4. The van der Waals surface area contributed by atoms with Crippen molar-refractivity contribution in [2.24, 2.45) is 5.73 Å². The van der Waals surface area contributed by atoms with Gasteiger partial charge in [0.2, 0.25) is 0 Å². The van der Waals surface area contributed by atoms with Crippen molar-refractivity contribution in [2.45, 2.75) is 31.8 Å². The van der Waals surface area contributed by atoms with Gasteiger partial charge in [0.25, 0.3) is 0 Å². The van der Waals surface area contributed by atoms with E-state index in [1.807, 2.05) is 13.8 Å². The van der Waals surface area contributed by atoms with Crippen molar-refractivity contribution in [1.29, 1.82) is 0 Å². The van der Waals surface area contributed by atoms with Gasteiger partial charge in [-0.05, 0) is 13.8 Å². The average Bonchev–Trinajstić information content (AvgIpc) is 2.29. The average molecular weight is 161 g/mol. The lowest BCUT2D eigenvalue weighted by Gasteiger charge is -2.19. The molecule has 11 heavy (non-hydrogen) atoms. The van der Waals surface area contributed by atoms with Gasteiger partial charge < -0.3 is 20.3 Å². The molecule has 4 nitrogen and oxygen atoms in total. The normalized spacial score (nSPS) is 32.2. The largest absolute Gasteiger partial charge is 0.395 e. The first kappa shape index (κ1) is 8.93. The lowest BCUT2D eigenvalue weighted by Crippen LogP contribution is -2.40. The highest BCUT2D eigenvalue weighted by Gasteiger charge is 2.35. The van der Waals surface area contributed by atoms with Crippen molar-refractivity contribution in [1.82, 2.24) is 0 Å². The molecule has 0 aromatic rings. The van der Waals surface area contributed by atoms with Crippen LogP contribution < -0.4 is 5.73 Å². The Morgan fingerprint density at radius 3 is 2.73 bits per heavy atom. The molecule has 0 aromatic heterocycles. The van der Waals surface area contributed by atoms with E-state index >= 15 is 0 Å². The molecule has 0 saturated carbocycles. The predicted octanol–water partition coefficient (Wildman–Crippen LogP) is -0.542. The summed E-state index contributed by atoms with van der Waals surface area (Å²) in [6.45, 7) is 4.06. The van der Waals surface area contributed by atoms with Gasteiger partial charge in [0, 0.05) is 0 Å². The van der Waals surface area contributed by atoms with E-state index in [0.717, 1.165) is 0 Å². The second-order valence-corrected chi connectivity index (χ2v) is 3.21. The van der Waals surface area contributed by atoms with Gasteiger partial charge in [0.1, 0.15) is 6.10 Å². The monoisotopic (exact) mass is 161 g/mol. The third kappa shape index (κ3) is 2.13. The molecule has 1 saturated heterocycles. The molecule has 0 bridgehead atoms. The van der Waals surface area contributed by atoms with Crippen molar-refractivity contribution < 1.29 is 14.6 Å². The van der Waals surface area contributed by atoms with Crippen molar-refractivity contribution >= 4 is 0 Å². The van der Waals surface area contributed by atoms with Crippen molar-refractivity contribution in [3.05, 3.63) is 0 Å². The number of aliphatic hydroxyl groups is 1. The molecule has 0 spiro atoms. The molecule has 1 rings (SSSR count). The van der Waals surface area contributed by atoms with E-state index < -0.39 is 5.79 Å². The molecule has 1 heterocycles. The van der Waals surface area contributed by atoms with E-state index in [1.165, 1.54) is 0 Å². The molecule has 1 aliphatic heterocycles. The first-order valence-electron chi connectivity index (χ1n) is 3.73. The summed E-state index contributed by atoms with van der Waals surface area (Å²) >= 11 is 0. The Balaban J connectivity index is 2.41. The smallest absolute Gasteiger partial charge is 0.163 e. The molecule has 1 aliphatic rings. The second-order valence-electron chi connectivity index (χ2n) is 3.21. The van der Waals surface area contributed by atoms with Crippen LogP contribution in [0.4, 0.5) is 0 Å². The standard InChI is InChI=1S/C7H15NO3/c1-7(2)10-4-6(11-7)5(8)3-9/h5-6,9H,3-4,8H2,1-2H3/t5-,6?/m0/s1. The molecule has 1 unspecified atom stereocenters. The molecule has 1 fully saturated rings. The Labute approximate surface area is 66.3 Å². The summed E-state index contributed by atoms with van der Waals surface area (Å²) in [5, 5.41) is 8.70. The van der Waals surface area contributed by atoms with Crippen LogP contribution in [0, 0.1) is 0 Å². The van der Waals surface area contributed by atoms with Crippen LogP contribution in [0.3, 0.4) is 0 Å². The minimum absolute atomic E-state index is 0.0654. The minimum Gasteiger partial charge on any atom is -0.395 e. The molecule has 3 N–H and O–H groups in total. The molecule has 0 aliphatic carbocycles. The number of nitrogens with two attached hydrogens (primary N) is 1. The van der Waals surface area contributed by atoms with Gasteiger partial charge in [0.15, 0.2) is 5.79 Å². The molecule has 0 aromatic carbocycles. The topological polar surface area (TPSA) is 64.7 Å². The number of rotatable bonds is 2. The Morgan fingerprint density at radius 2 is 2.36 bits per heavy atom. The van der Waals surface area contributed by atoms with Gasteiger partial charge in [-0.2, -0.15) is 0 Å². The summed E-state index contributed by atoms with van der Waals surface area (Å²) in [6.07, 6.45) is -0.171. The molecule has 66 valence electrons. The van der Waals surface area contributed by atoms with Gasteiger partial charge in [-0.1, -0.05) is 0 Å². The van der Waals surface area contributed by atoms with Crippen LogP contribution in [0.25, 0.3) is 0 Å². The van der Waals surface area contributed by atoms with Crippen LogP contribution in [0.15, 0.2) is 0 Å². The molecular formula is C7H15NO3. The fourth-order valence-electron chi connectivity index (χ4n) is 1.04. The fourth-order valence-corrected chi connectivity index (χ4v) is 1.04. The zero-order valence-electron chi connectivity index (χ0n) is 6.91. The summed E-state index contributed by atoms with van der Waals surface area (Å²) in [5.74, 6) is -0.544. The van der Waals surface area contributed by atoms with Crippen LogP contribution in [0.1, 0.15) is 13.8 Å². The first-order valence-corrected chi connectivity index (χ1v) is 3.73. The van der Waals surface area contributed by atoms with E-state index in [1.54, 1.807) is 0 Å². The zero-order valence-corrected chi connectivity index (χ0v) is 6.91. The number of aliphatic hydroxyl groups excluding tert-OH is 1. The van der Waals surface area contributed by atoms with Crippen LogP contribution in [0.2, 0.25) is 0 Å². The summed E-state index contributed by atoms with van der Waals surface area (Å²) in [7, 11) is 0. The molecule has 4 heteroatoms. The highest BCUT2D eigenvalue weighted by atomic mass is 16.7. The summed E-state index contributed by atoms with van der Waals surface area (Å²) < 4.78 is 10.7. The highest BCUT2D eigenvalue weighted by Crippen LogP contribution is 2.23. The van der Waals surface area contributed by atoms with Crippen LogP contribution in [-0.4, -0.2) is 36.3 Å². The van der Waals surface area contributed by atoms with E-state index in [9.17, 15) is 0 Å². The van der Waals surface area contributed by atoms with Crippen LogP contribution in [-0.2, 0) is 9.47 Å². The maximum absolute atomic E-state index is 8.70. The van der Waals surface area contributed by atoms with E-state index in [0.29, 0.717) is 6.61 Å². The van der Waals surface area contributed by atoms with Crippen LogP contribution in [0.5, 0.6) is 0 Å². The maximum atomic E-state index is 8.70. The summed E-state index contributed by atoms with van der Waals surface area (Å²) in [4.78, 5) is 0. The van der Waals surface area contributed by atoms with E-state index in [2.05, 4.69) is 0 Å². The van der Waals surface area contributed by atoms with Gasteiger partial charge in [-0.25, -0.2) is 0 Å². The highest BCUT2D eigenvalue weighted by molar-refractivity contribution is 4.79. The maximum Gasteiger partial charge on any atom is 0.163 e. The Hall–Kier alpha value is -0.160. The van der Waals surface area contributed by atoms with Gasteiger partial charge >= 0.3 is 0 Å². The Bertz CT molecular complexity index is 138. The van der Waals surface area contributed by atoms with Crippen molar-refractivity contribution in [3.63, 3.8) is 0 Å². The fraction of sp³-hybridized carbons (Fsp3) is 1.00. The molecule has 0 radical (unpaired) electrons. The minimum atomic E-state index is -0.544. The Morgan fingerprint density at radius 1 is 1.73 bits per heavy atom. The summed E-state index contributed by atoms with van der Waals surface area (Å²) in [5.41, 5.74) is 5.54. The van der Waals surface area contributed by atoms with Crippen LogP contribution >= 0.6 is 0 Å². The zero-order chi connectivity index (χ0) is 8.48. The lowest BCUT2D eigenvalue weighted by molar-refractivity contribution is -0.141. The molecular weight excluding hydrogens is 146 g/mol. The molecule has 0 amide bonds. The third-order valence-electron chi connectivity index (χ3n) is 1.72.